The Bertz CT molecular complexity index is 148. The summed E-state index contributed by atoms with van der Waals surface area (Å²) in [4.78, 5) is 0. The van der Waals surface area contributed by atoms with Crippen LogP contribution in [-0.2, 0) is 4.74 Å². The lowest BCUT2D eigenvalue weighted by atomic mass is 9.90. The van der Waals surface area contributed by atoms with Crippen molar-refractivity contribution in [1.82, 2.24) is 0 Å². The molecule has 76 valence electrons. The van der Waals surface area contributed by atoms with Crippen molar-refractivity contribution in [2.75, 3.05) is 13.2 Å². The second-order valence-electron chi connectivity index (χ2n) is 4.67. The summed E-state index contributed by atoms with van der Waals surface area (Å²) in [5.74, 6) is 1.58. The molecule has 0 aromatic heterocycles. The second kappa shape index (κ2) is 4.43. The van der Waals surface area contributed by atoms with Gasteiger partial charge in [-0.05, 0) is 24.7 Å². The molecule has 1 saturated carbocycles. The maximum atomic E-state index is 6.18. The van der Waals surface area contributed by atoms with E-state index in [4.69, 9.17) is 10.5 Å². The molecule has 2 aliphatic rings. The van der Waals surface area contributed by atoms with Gasteiger partial charge in [0.05, 0.1) is 6.61 Å². The molecule has 2 nitrogen and oxygen atoms in total. The minimum absolute atomic E-state index is 0.408. The van der Waals surface area contributed by atoms with Gasteiger partial charge in [0.25, 0.3) is 0 Å². The lowest BCUT2D eigenvalue weighted by Crippen LogP contribution is -2.32. The van der Waals surface area contributed by atoms with Crippen LogP contribution < -0.4 is 5.73 Å². The summed E-state index contributed by atoms with van der Waals surface area (Å²) in [6.45, 7) is 1.84. The monoisotopic (exact) mass is 183 g/mol. The van der Waals surface area contributed by atoms with Crippen LogP contribution in [0.3, 0.4) is 0 Å². The van der Waals surface area contributed by atoms with Crippen molar-refractivity contribution in [2.24, 2.45) is 17.6 Å². The molecule has 0 amide bonds. The van der Waals surface area contributed by atoms with Crippen molar-refractivity contribution < 1.29 is 4.74 Å². The minimum atomic E-state index is 0.408. The van der Waals surface area contributed by atoms with Crippen molar-refractivity contribution in [3.8, 4) is 0 Å². The maximum absolute atomic E-state index is 6.18. The fraction of sp³-hybridized carbons (Fsp3) is 1.00. The highest BCUT2D eigenvalue weighted by Crippen LogP contribution is 2.30. The van der Waals surface area contributed by atoms with E-state index in [-0.39, 0.29) is 0 Å². The zero-order valence-electron chi connectivity index (χ0n) is 8.37. The van der Waals surface area contributed by atoms with Gasteiger partial charge >= 0.3 is 0 Å². The van der Waals surface area contributed by atoms with Crippen LogP contribution in [-0.4, -0.2) is 19.3 Å². The summed E-state index contributed by atoms with van der Waals surface area (Å²) in [7, 11) is 0. The van der Waals surface area contributed by atoms with Crippen molar-refractivity contribution in [1.29, 1.82) is 0 Å². The standard InChI is InChI=1S/C11H21NO/c12-11(10-5-6-13-8-10)7-9-3-1-2-4-9/h9-11H,1-8,12H2. The lowest BCUT2D eigenvalue weighted by Gasteiger charge is -2.20. The molecule has 13 heavy (non-hydrogen) atoms. The first-order valence-corrected chi connectivity index (χ1v) is 5.69. The molecule has 0 radical (unpaired) electrons. The number of rotatable bonds is 3. The molecule has 1 saturated heterocycles. The Morgan fingerprint density at radius 1 is 1.23 bits per heavy atom. The number of hydrogen-bond acceptors (Lipinski definition) is 2. The molecule has 1 aliphatic carbocycles. The first-order chi connectivity index (χ1) is 6.36. The average molecular weight is 183 g/mol. The van der Waals surface area contributed by atoms with E-state index in [1.165, 1.54) is 38.5 Å². The summed E-state index contributed by atoms with van der Waals surface area (Å²) in [6, 6.07) is 0.408. The molecular weight excluding hydrogens is 162 g/mol. The highest BCUT2D eigenvalue weighted by atomic mass is 16.5. The van der Waals surface area contributed by atoms with E-state index in [0.29, 0.717) is 12.0 Å². The average Bonchev–Trinajstić information content (AvgIpc) is 2.74. The molecule has 2 rings (SSSR count). The van der Waals surface area contributed by atoms with Gasteiger partial charge in [-0.3, -0.25) is 0 Å². The Morgan fingerprint density at radius 2 is 2.00 bits per heavy atom. The predicted octanol–water partition coefficient (Wildman–Crippen LogP) is 1.93. The Morgan fingerprint density at radius 3 is 2.62 bits per heavy atom. The Labute approximate surface area is 80.8 Å². The zero-order chi connectivity index (χ0) is 9.10. The first kappa shape index (κ1) is 9.47. The van der Waals surface area contributed by atoms with E-state index in [0.717, 1.165) is 19.1 Å². The SMILES string of the molecule is NC(CC1CCCC1)C1CCOC1. The van der Waals surface area contributed by atoms with E-state index < -0.39 is 0 Å². The zero-order valence-corrected chi connectivity index (χ0v) is 8.37. The van der Waals surface area contributed by atoms with Crippen LogP contribution in [0.1, 0.15) is 38.5 Å². The van der Waals surface area contributed by atoms with Crippen molar-refractivity contribution in [3.63, 3.8) is 0 Å². The largest absolute Gasteiger partial charge is 0.381 e. The molecule has 1 aliphatic heterocycles. The van der Waals surface area contributed by atoms with Gasteiger partial charge in [0, 0.05) is 12.6 Å². The van der Waals surface area contributed by atoms with E-state index in [9.17, 15) is 0 Å². The van der Waals surface area contributed by atoms with Crippen LogP contribution in [0.4, 0.5) is 0 Å². The summed E-state index contributed by atoms with van der Waals surface area (Å²) in [6.07, 6.45) is 8.13. The van der Waals surface area contributed by atoms with Crippen LogP contribution >= 0.6 is 0 Å². The molecule has 2 fully saturated rings. The summed E-state index contributed by atoms with van der Waals surface area (Å²) in [5, 5.41) is 0. The number of ether oxygens (including phenoxy) is 1. The molecule has 2 atom stereocenters. The van der Waals surface area contributed by atoms with E-state index in [2.05, 4.69) is 0 Å². The molecule has 0 aromatic carbocycles. The highest BCUT2D eigenvalue weighted by Gasteiger charge is 2.26. The Kier molecular flexibility index (Phi) is 3.23. The van der Waals surface area contributed by atoms with E-state index in [1.807, 2.05) is 0 Å². The third-order valence-corrected chi connectivity index (χ3v) is 3.65. The second-order valence-corrected chi connectivity index (χ2v) is 4.67. The number of hydrogen-bond donors (Lipinski definition) is 1. The number of nitrogens with two attached hydrogens (primary N) is 1. The molecule has 2 unspecified atom stereocenters. The molecule has 2 N–H and O–H groups in total. The molecule has 0 spiro atoms. The molecular formula is C11H21NO. The summed E-state index contributed by atoms with van der Waals surface area (Å²) in [5.41, 5.74) is 6.18. The van der Waals surface area contributed by atoms with Gasteiger partial charge in [-0.2, -0.15) is 0 Å². The molecule has 2 heteroatoms. The quantitative estimate of drug-likeness (QED) is 0.725. The molecule has 1 heterocycles. The van der Waals surface area contributed by atoms with Crippen LogP contribution in [0.15, 0.2) is 0 Å². The Balaban J connectivity index is 1.73. The van der Waals surface area contributed by atoms with Gasteiger partial charge in [-0.1, -0.05) is 25.7 Å². The van der Waals surface area contributed by atoms with E-state index >= 15 is 0 Å². The van der Waals surface area contributed by atoms with Crippen molar-refractivity contribution >= 4 is 0 Å². The predicted molar refractivity (Wildman–Crippen MR) is 53.5 cm³/mol. The highest BCUT2D eigenvalue weighted by molar-refractivity contribution is 4.80. The van der Waals surface area contributed by atoms with Crippen molar-refractivity contribution in [2.45, 2.75) is 44.6 Å². The normalized spacial score (nSPS) is 32.5. The summed E-state index contributed by atoms with van der Waals surface area (Å²) >= 11 is 0. The Hall–Kier alpha value is -0.0800. The van der Waals surface area contributed by atoms with Gasteiger partial charge in [-0.25, -0.2) is 0 Å². The fourth-order valence-corrected chi connectivity index (χ4v) is 2.71. The minimum Gasteiger partial charge on any atom is -0.381 e. The lowest BCUT2D eigenvalue weighted by molar-refractivity contribution is 0.177. The fourth-order valence-electron chi connectivity index (χ4n) is 2.71. The third kappa shape index (κ3) is 2.44. The molecule has 0 aromatic rings. The summed E-state index contributed by atoms with van der Waals surface area (Å²) < 4.78 is 5.36. The first-order valence-electron chi connectivity index (χ1n) is 5.69. The van der Waals surface area contributed by atoms with Gasteiger partial charge in [0.1, 0.15) is 0 Å². The van der Waals surface area contributed by atoms with Crippen LogP contribution in [0.5, 0.6) is 0 Å². The maximum Gasteiger partial charge on any atom is 0.0509 e. The van der Waals surface area contributed by atoms with Gasteiger partial charge in [0.2, 0.25) is 0 Å². The topological polar surface area (TPSA) is 35.2 Å². The van der Waals surface area contributed by atoms with Crippen LogP contribution in [0, 0.1) is 11.8 Å². The van der Waals surface area contributed by atoms with Gasteiger partial charge < -0.3 is 10.5 Å². The van der Waals surface area contributed by atoms with E-state index in [1.54, 1.807) is 0 Å². The van der Waals surface area contributed by atoms with Crippen LogP contribution in [0.2, 0.25) is 0 Å². The smallest absolute Gasteiger partial charge is 0.0509 e. The molecule has 0 bridgehead atoms. The van der Waals surface area contributed by atoms with Gasteiger partial charge in [0.15, 0.2) is 0 Å². The van der Waals surface area contributed by atoms with Crippen LogP contribution in [0.25, 0.3) is 0 Å². The third-order valence-electron chi connectivity index (χ3n) is 3.65. The van der Waals surface area contributed by atoms with Gasteiger partial charge in [-0.15, -0.1) is 0 Å². The van der Waals surface area contributed by atoms with Crippen molar-refractivity contribution in [3.05, 3.63) is 0 Å².